The van der Waals surface area contributed by atoms with Crippen molar-refractivity contribution in [3.8, 4) is 0 Å². The molecule has 7 nitrogen and oxygen atoms in total. The van der Waals surface area contributed by atoms with E-state index >= 15 is 0 Å². The quantitative estimate of drug-likeness (QED) is 0.782. The number of carbonyl (C=O) groups is 2. The molecule has 0 N–H and O–H groups in total. The number of fused-ring (bicyclic) bond motifs is 1. The van der Waals surface area contributed by atoms with Crippen molar-refractivity contribution >= 4 is 22.7 Å². The molecule has 0 aliphatic carbocycles. The molecule has 1 heterocycles. The number of esters is 1. The van der Waals surface area contributed by atoms with Gasteiger partial charge < -0.3 is 4.74 Å². The molecule has 2 aromatic rings. The van der Waals surface area contributed by atoms with E-state index in [-0.39, 0.29) is 24.3 Å². The van der Waals surface area contributed by atoms with Crippen LogP contribution < -0.4 is 11.2 Å². The van der Waals surface area contributed by atoms with Crippen LogP contribution in [0.2, 0.25) is 0 Å². The van der Waals surface area contributed by atoms with Gasteiger partial charge in [0.1, 0.15) is 17.9 Å². The van der Waals surface area contributed by atoms with E-state index < -0.39 is 22.8 Å². The molecular formula is C17H20N2O5. The maximum absolute atomic E-state index is 12.6. The third-order valence-corrected chi connectivity index (χ3v) is 3.22. The van der Waals surface area contributed by atoms with Crippen LogP contribution in [0.3, 0.4) is 0 Å². The molecule has 2 rings (SSSR count). The Morgan fingerprint density at radius 2 is 1.67 bits per heavy atom. The normalized spacial score (nSPS) is 11.5. The highest BCUT2D eigenvalue weighted by Gasteiger charge is 2.20. The summed E-state index contributed by atoms with van der Waals surface area (Å²) in [5, 5.41) is 0.266. The summed E-state index contributed by atoms with van der Waals surface area (Å²) < 4.78 is 7.25. The minimum absolute atomic E-state index is 0.266. The number of nitrogens with zero attached hydrogens (tertiary/aromatic N) is 2. The molecule has 0 aliphatic heterocycles. The zero-order valence-corrected chi connectivity index (χ0v) is 14.2. The second-order valence-corrected chi connectivity index (χ2v) is 6.57. The first kappa shape index (κ1) is 17.7. The zero-order chi connectivity index (χ0) is 18.1. The van der Waals surface area contributed by atoms with Crippen LogP contribution in [0.1, 0.15) is 27.7 Å². The Morgan fingerprint density at radius 3 is 2.25 bits per heavy atom. The number of Topliss-reactive ketones (excluding diaryl/α,β-unsaturated/α-hetero) is 1. The minimum atomic E-state index is -0.709. The van der Waals surface area contributed by atoms with Gasteiger partial charge >= 0.3 is 11.7 Å². The van der Waals surface area contributed by atoms with Crippen LogP contribution >= 0.6 is 0 Å². The Kier molecular flexibility index (Phi) is 4.73. The minimum Gasteiger partial charge on any atom is -0.459 e. The molecule has 0 aliphatic rings. The number of rotatable bonds is 4. The fourth-order valence-electron chi connectivity index (χ4n) is 2.39. The largest absolute Gasteiger partial charge is 0.459 e. The third-order valence-electron chi connectivity index (χ3n) is 3.22. The van der Waals surface area contributed by atoms with Crippen molar-refractivity contribution in [2.24, 2.45) is 0 Å². The highest BCUT2D eigenvalue weighted by molar-refractivity contribution is 5.81. The number of aromatic nitrogens is 2. The summed E-state index contributed by atoms with van der Waals surface area (Å²) in [6.07, 6.45) is 0. The molecule has 0 radical (unpaired) electrons. The second-order valence-electron chi connectivity index (χ2n) is 6.57. The number of ether oxygens (including phenoxy) is 1. The number of ketones is 1. The van der Waals surface area contributed by atoms with Gasteiger partial charge in [0.05, 0.1) is 17.4 Å². The van der Waals surface area contributed by atoms with Gasteiger partial charge in [0.2, 0.25) is 0 Å². The average Bonchev–Trinajstić information content (AvgIpc) is 2.46. The van der Waals surface area contributed by atoms with Crippen molar-refractivity contribution in [1.29, 1.82) is 0 Å². The standard InChI is InChI=1S/C17H20N2O5/c1-11(20)9-19-15(22)12-7-5-6-8-13(12)18(16(19)23)10-14(21)24-17(2,3)4/h5-8H,9-10H2,1-4H3. The first-order valence-corrected chi connectivity index (χ1v) is 7.54. The molecule has 0 bridgehead atoms. The zero-order valence-electron chi connectivity index (χ0n) is 14.2. The third kappa shape index (κ3) is 3.79. The lowest BCUT2D eigenvalue weighted by Crippen LogP contribution is -2.43. The molecule has 128 valence electrons. The van der Waals surface area contributed by atoms with Crippen LogP contribution in [0.15, 0.2) is 33.9 Å². The monoisotopic (exact) mass is 332 g/mol. The first-order valence-electron chi connectivity index (χ1n) is 7.54. The van der Waals surface area contributed by atoms with Crippen LogP contribution in [-0.4, -0.2) is 26.5 Å². The summed E-state index contributed by atoms with van der Waals surface area (Å²) in [5.74, 6) is -0.920. The van der Waals surface area contributed by atoms with Gasteiger partial charge in [-0.3, -0.25) is 23.5 Å². The van der Waals surface area contributed by atoms with Crippen LogP contribution in [0.4, 0.5) is 0 Å². The van der Waals surface area contributed by atoms with Gasteiger partial charge in [-0.25, -0.2) is 4.79 Å². The molecule has 1 aromatic heterocycles. The highest BCUT2D eigenvalue weighted by Crippen LogP contribution is 2.10. The molecule has 0 spiro atoms. The van der Waals surface area contributed by atoms with Gasteiger partial charge in [0.15, 0.2) is 0 Å². The summed E-state index contributed by atoms with van der Waals surface area (Å²) in [5.41, 5.74) is -1.62. The van der Waals surface area contributed by atoms with E-state index in [2.05, 4.69) is 0 Å². The molecule has 0 amide bonds. The van der Waals surface area contributed by atoms with Crippen LogP contribution in [0.5, 0.6) is 0 Å². The van der Waals surface area contributed by atoms with Crippen molar-refractivity contribution in [2.75, 3.05) is 0 Å². The van der Waals surface area contributed by atoms with Crippen LogP contribution in [-0.2, 0) is 27.4 Å². The number of benzene rings is 1. The van der Waals surface area contributed by atoms with E-state index in [0.29, 0.717) is 5.52 Å². The van der Waals surface area contributed by atoms with Gasteiger partial charge in [-0.1, -0.05) is 12.1 Å². The summed E-state index contributed by atoms with van der Waals surface area (Å²) in [7, 11) is 0. The van der Waals surface area contributed by atoms with Crippen LogP contribution in [0, 0.1) is 0 Å². The topological polar surface area (TPSA) is 87.4 Å². The summed E-state index contributed by atoms with van der Waals surface area (Å²) in [6.45, 7) is 5.79. The van der Waals surface area contributed by atoms with E-state index in [1.165, 1.54) is 6.92 Å². The summed E-state index contributed by atoms with van der Waals surface area (Å²) >= 11 is 0. The maximum atomic E-state index is 12.6. The predicted molar refractivity (Wildman–Crippen MR) is 89.0 cm³/mol. The summed E-state index contributed by atoms with van der Waals surface area (Å²) in [4.78, 5) is 48.5. The molecule has 0 saturated carbocycles. The van der Waals surface area contributed by atoms with E-state index in [1.807, 2.05) is 0 Å². The molecule has 7 heteroatoms. The average molecular weight is 332 g/mol. The lowest BCUT2D eigenvalue weighted by molar-refractivity contribution is -0.155. The number of hydrogen-bond donors (Lipinski definition) is 0. The summed E-state index contributed by atoms with van der Waals surface area (Å²) in [6, 6.07) is 6.46. The van der Waals surface area contributed by atoms with E-state index in [4.69, 9.17) is 4.74 Å². The van der Waals surface area contributed by atoms with Gasteiger partial charge in [0, 0.05) is 0 Å². The lowest BCUT2D eigenvalue weighted by atomic mass is 10.2. The van der Waals surface area contributed by atoms with Gasteiger partial charge in [-0.05, 0) is 39.8 Å². The molecule has 1 aromatic carbocycles. The van der Waals surface area contributed by atoms with Gasteiger partial charge in [0.25, 0.3) is 5.56 Å². The highest BCUT2D eigenvalue weighted by atomic mass is 16.6. The number of carbonyl (C=O) groups excluding carboxylic acids is 2. The SMILES string of the molecule is CC(=O)Cn1c(=O)c2ccccc2n(CC(=O)OC(C)(C)C)c1=O. The van der Waals surface area contributed by atoms with Crippen molar-refractivity contribution in [3.63, 3.8) is 0 Å². The lowest BCUT2D eigenvalue weighted by Gasteiger charge is -2.20. The van der Waals surface area contributed by atoms with Gasteiger partial charge in [-0.15, -0.1) is 0 Å². The molecule has 24 heavy (non-hydrogen) atoms. The van der Waals surface area contributed by atoms with Crippen molar-refractivity contribution in [2.45, 2.75) is 46.4 Å². The number of para-hydroxylation sites is 1. The Hall–Kier alpha value is -2.70. The molecule has 0 atom stereocenters. The van der Waals surface area contributed by atoms with Crippen molar-refractivity contribution in [3.05, 3.63) is 45.1 Å². The fraction of sp³-hybridized carbons (Fsp3) is 0.412. The molecule has 0 fully saturated rings. The Bertz CT molecular complexity index is 915. The van der Waals surface area contributed by atoms with Crippen molar-refractivity contribution < 1.29 is 14.3 Å². The molecule has 0 saturated heterocycles. The Balaban J connectivity index is 2.64. The molecule has 0 unspecified atom stereocenters. The maximum Gasteiger partial charge on any atom is 0.332 e. The van der Waals surface area contributed by atoms with Gasteiger partial charge in [-0.2, -0.15) is 0 Å². The van der Waals surface area contributed by atoms with E-state index in [0.717, 1.165) is 9.13 Å². The van der Waals surface area contributed by atoms with E-state index in [1.54, 1.807) is 45.0 Å². The van der Waals surface area contributed by atoms with Crippen molar-refractivity contribution in [1.82, 2.24) is 9.13 Å². The second kappa shape index (κ2) is 6.43. The van der Waals surface area contributed by atoms with E-state index in [9.17, 15) is 19.2 Å². The van der Waals surface area contributed by atoms with Crippen LogP contribution in [0.25, 0.3) is 10.9 Å². The molecular weight excluding hydrogens is 312 g/mol. The smallest absolute Gasteiger partial charge is 0.332 e. The fourth-order valence-corrected chi connectivity index (χ4v) is 2.39. The predicted octanol–water partition coefficient (Wildman–Crippen LogP) is 1.09. The first-order chi connectivity index (χ1) is 11.1. The Morgan fingerprint density at radius 1 is 1.04 bits per heavy atom. The number of hydrogen-bond acceptors (Lipinski definition) is 5. The Labute approximate surface area is 138 Å².